The smallest absolute Gasteiger partial charge is 0.341 e. The molecule has 5 nitrogen and oxygen atoms in total. The van der Waals surface area contributed by atoms with Crippen LogP contribution in [-0.4, -0.2) is 38.2 Å². The molecule has 0 atom stereocenters. The average Bonchev–Trinajstić information content (AvgIpc) is 2.94. The number of esters is 1. The Bertz CT molecular complexity index is 621. The van der Waals surface area contributed by atoms with E-state index in [1.54, 1.807) is 6.07 Å². The minimum absolute atomic E-state index is 0.381. The summed E-state index contributed by atoms with van der Waals surface area (Å²) in [5.41, 5.74) is 1.64. The van der Waals surface area contributed by atoms with E-state index >= 15 is 0 Å². The van der Waals surface area contributed by atoms with Gasteiger partial charge >= 0.3 is 5.97 Å². The molecule has 0 fully saturated rings. The number of aryl methyl sites for hydroxylation is 1. The zero-order chi connectivity index (χ0) is 15.9. The molecule has 0 bridgehead atoms. The Balaban J connectivity index is 1.82. The van der Waals surface area contributed by atoms with E-state index in [4.69, 9.17) is 13.9 Å². The molecular weight excluding hydrogens is 282 g/mol. The molecule has 0 spiro atoms. The normalized spacial score (nSPS) is 10.7. The summed E-state index contributed by atoms with van der Waals surface area (Å²) in [6.07, 6.45) is 1.50. The zero-order valence-electron chi connectivity index (χ0n) is 13.2. The minimum Gasteiger partial charge on any atom is -0.492 e. The van der Waals surface area contributed by atoms with E-state index in [2.05, 4.69) is 0 Å². The molecule has 1 aromatic heterocycles. The molecule has 0 N–H and O–H groups in total. The van der Waals surface area contributed by atoms with Crippen molar-refractivity contribution in [3.8, 4) is 5.75 Å². The van der Waals surface area contributed by atoms with Crippen LogP contribution in [0.3, 0.4) is 0 Å². The second-order valence-corrected chi connectivity index (χ2v) is 5.15. The largest absolute Gasteiger partial charge is 0.492 e. The zero-order valence-corrected chi connectivity index (χ0v) is 13.2. The van der Waals surface area contributed by atoms with Crippen molar-refractivity contribution in [3.05, 3.63) is 53.5 Å². The fourth-order valence-electron chi connectivity index (χ4n) is 2.10. The van der Waals surface area contributed by atoms with Gasteiger partial charge in [0.25, 0.3) is 0 Å². The molecule has 1 aromatic carbocycles. The van der Waals surface area contributed by atoms with Crippen LogP contribution in [0.2, 0.25) is 0 Å². The monoisotopic (exact) mass is 303 g/mol. The molecule has 0 aliphatic heterocycles. The van der Waals surface area contributed by atoms with Gasteiger partial charge in [-0.3, -0.25) is 4.90 Å². The van der Waals surface area contributed by atoms with Gasteiger partial charge in [0.2, 0.25) is 0 Å². The molecule has 0 aliphatic rings. The Morgan fingerprint density at radius 2 is 2.14 bits per heavy atom. The van der Waals surface area contributed by atoms with Gasteiger partial charge in [-0.2, -0.15) is 0 Å². The fourth-order valence-corrected chi connectivity index (χ4v) is 2.10. The summed E-state index contributed by atoms with van der Waals surface area (Å²) >= 11 is 0. The van der Waals surface area contributed by atoms with Gasteiger partial charge in [-0.15, -0.1) is 0 Å². The summed E-state index contributed by atoms with van der Waals surface area (Å²) in [6, 6.07) is 9.57. The Labute approximate surface area is 130 Å². The third-order valence-electron chi connectivity index (χ3n) is 3.30. The van der Waals surface area contributed by atoms with Crippen LogP contribution in [0.5, 0.6) is 5.75 Å². The third-order valence-corrected chi connectivity index (χ3v) is 3.30. The molecule has 22 heavy (non-hydrogen) atoms. The van der Waals surface area contributed by atoms with Crippen molar-refractivity contribution in [2.45, 2.75) is 13.5 Å². The van der Waals surface area contributed by atoms with Crippen LogP contribution in [0.25, 0.3) is 0 Å². The van der Waals surface area contributed by atoms with Crippen LogP contribution < -0.4 is 4.74 Å². The number of hydrogen-bond donors (Lipinski definition) is 0. The molecule has 0 saturated heterocycles. The highest BCUT2D eigenvalue weighted by molar-refractivity contribution is 5.90. The van der Waals surface area contributed by atoms with E-state index in [1.807, 2.05) is 43.1 Å². The van der Waals surface area contributed by atoms with Crippen LogP contribution in [0.1, 0.15) is 21.7 Å². The number of carbonyl (C=O) groups is 1. The van der Waals surface area contributed by atoms with Gasteiger partial charge in [0.15, 0.2) is 0 Å². The van der Waals surface area contributed by atoms with Crippen molar-refractivity contribution in [1.82, 2.24) is 4.90 Å². The van der Waals surface area contributed by atoms with Gasteiger partial charge in [0.1, 0.15) is 23.7 Å². The Kier molecular flexibility index (Phi) is 5.61. The van der Waals surface area contributed by atoms with Crippen LogP contribution in [0, 0.1) is 6.92 Å². The molecule has 1 heterocycles. The number of likely N-dealkylation sites (N-methyl/N-ethyl adjacent to an activating group) is 1. The first-order valence-electron chi connectivity index (χ1n) is 7.13. The molecule has 0 radical (unpaired) electrons. The molecule has 118 valence electrons. The number of carbonyl (C=O) groups excluding carboxylic acids is 1. The number of furan rings is 1. The number of rotatable bonds is 7. The van der Waals surface area contributed by atoms with E-state index in [0.717, 1.165) is 12.3 Å². The standard InChI is InChI=1S/C17H21NO4/c1-13-5-4-6-14(11-13)21-10-8-18(2)12-16-15(7-9-22-16)17(19)20-3/h4-7,9,11H,8,10,12H2,1-3H3. The fraction of sp³-hybridized carbons (Fsp3) is 0.353. The SMILES string of the molecule is COC(=O)c1ccoc1CN(C)CCOc1cccc(C)c1. The van der Waals surface area contributed by atoms with Crippen LogP contribution >= 0.6 is 0 Å². The van der Waals surface area contributed by atoms with E-state index in [1.165, 1.54) is 18.9 Å². The maximum Gasteiger partial charge on any atom is 0.341 e. The molecule has 0 saturated carbocycles. The highest BCUT2D eigenvalue weighted by atomic mass is 16.5. The molecule has 5 heteroatoms. The van der Waals surface area contributed by atoms with Gasteiger partial charge in [-0.1, -0.05) is 12.1 Å². The Morgan fingerprint density at radius 1 is 1.32 bits per heavy atom. The van der Waals surface area contributed by atoms with Crippen molar-refractivity contribution in [1.29, 1.82) is 0 Å². The first-order chi connectivity index (χ1) is 10.6. The van der Waals surface area contributed by atoms with Crippen LogP contribution in [0.4, 0.5) is 0 Å². The lowest BCUT2D eigenvalue weighted by molar-refractivity contribution is 0.0596. The van der Waals surface area contributed by atoms with Gasteiger partial charge in [-0.25, -0.2) is 4.79 Å². The van der Waals surface area contributed by atoms with E-state index in [0.29, 0.717) is 24.5 Å². The molecule has 0 amide bonds. The second kappa shape index (κ2) is 7.66. The Hall–Kier alpha value is -2.27. The summed E-state index contributed by atoms with van der Waals surface area (Å²) in [5.74, 6) is 1.08. The highest BCUT2D eigenvalue weighted by Crippen LogP contribution is 2.15. The van der Waals surface area contributed by atoms with E-state index < -0.39 is 0 Å². The lowest BCUT2D eigenvalue weighted by atomic mass is 10.2. The van der Waals surface area contributed by atoms with E-state index in [9.17, 15) is 4.79 Å². The number of hydrogen-bond acceptors (Lipinski definition) is 5. The maximum atomic E-state index is 11.6. The maximum absolute atomic E-state index is 11.6. The predicted molar refractivity (Wildman–Crippen MR) is 83.1 cm³/mol. The third kappa shape index (κ3) is 4.36. The molecule has 2 aromatic rings. The summed E-state index contributed by atoms with van der Waals surface area (Å²) in [4.78, 5) is 13.6. The van der Waals surface area contributed by atoms with Crippen molar-refractivity contribution < 1.29 is 18.7 Å². The van der Waals surface area contributed by atoms with Gasteiger partial charge in [-0.05, 0) is 37.7 Å². The van der Waals surface area contributed by atoms with Gasteiger partial charge in [0, 0.05) is 6.54 Å². The predicted octanol–water partition coefficient (Wildman–Crippen LogP) is 2.89. The molecule has 0 unspecified atom stereocenters. The van der Waals surface area contributed by atoms with Crippen molar-refractivity contribution in [3.63, 3.8) is 0 Å². The summed E-state index contributed by atoms with van der Waals surface area (Å²) in [7, 11) is 3.31. The molecular formula is C17H21NO4. The Morgan fingerprint density at radius 3 is 2.86 bits per heavy atom. The topological polar surface area (TPSA) is 51.9 Å². The van der Waals surface area contributed by atoms with Gasteiger partial charge < -0.3 is 13.9 Å². The van der Waals surface area contributed by atoms with Crippen molar-refractivity contribution >= 4 is 5.97 Å². The number of methoxy groups -OCH3 is 1. The number of nitrogens with zero attached hydrogens (tertiary/aromatic N) is 1. The average molecular weight is 303 g/mol. The molecule has 2 rings (SSSR count). The van der Waals surface area contributed by atoms with Crippen molar-refractivity contribution in [2.75, 3.05) is 27.3 Å². The lowest BCUT2D eigenvalue weighted by Gasteiger charge is -2.16. The molecule has 0 aliphatic carbocycles. The van der Waals surface area contributed by atoms with E-state index in [-0.39, 0.29) is 5.97 Å². The minimum atomic E-state index is -0.381. The van der Waals surface area contributed by atoms with Crippen LogP contribution in [0.15, 0.2) is 41.0 Å². The summed E-state index contributed by atoms with van der Waals surface area (Å²) < 4.78 is 15.8. The quantitative estimate of drug-likeness (QED) is 0.736. The van der Waals surface area contributed by atoms with Crippen molar-refractivity contribution in [2.24, 2.45) is 0 Å². The first-order valence-corrected chi connectivity index (χ1v) is 7.13. The van der Waals surface area contributed by atoms with Crippen LogP contribution in [-0.2, 0) is 11.3 Å². The van der Waals surface area contributed by atoms with Gasteiger partial charge in [0.05, 0.1) is 19.9 Å². The summed E-state index contributed by atoms with van der Waals surface area (Å²) in [5, 5.41) is 0. The number of ether oxygens (including phenoxy) is 2. The first kappa shape index (κ1) is 16.1. The second-order valence-electron chi connectivity index (χ2n) is 5.15. The highest BCUT2D eigenvalue weighted by Gasteiger charge is 2.16. The number of benzene rings is 1. The summed E-state index contributed by atoms with van der Waals surface area (Å²) in [6.45, 7) is 3.84. The lowest BCUT2D eigenvalue weighted by Crippen LogP contribution is -2.24.